The fourth-order valence-corrected chi connectivity index (χ4v) is 4.07. The third kappa shape index (κ3) is 3.44. The van der Waals surface area contributed by atoms with Crippen molar-refractivity contribution >= 4 is 43.2 Å². The lowest BCUT2D eigenvalue weighted by atomic mass is 10.1. The number of halogens is 2. The van der Waals surface area contributed by atoms with Crippen molar-refractivity contribution in [3.63, 3.8) is 0 Å². The number of hydrogen-bond acceptors (Lipinski definition) is 2. The Morgan fingerprint density at radius 1 is 1.11 bits per heavy atom. The van der Waals surface area contributed by atoms with E-state index in [0.29, 0.717) is 12.1 Å². The fraction of sp³-hybridized carbons (Fsp3) is 0.286. The SMILES string of the molecule is CC(N[C@@H](C)c1cccs1)c1ccc(Br)cc1Br. The standard InChI is InChI=1S/C14H15Br2NS/c1-9(12-6-5-11(15)8-13(12)16)17-10(2)14-4-3-7-18-14/h3-10,17H,1-2H3/t9?,10-/m0/s1. The lowest BCUT2D eigenvalue weighted by Gasteiger charge is -2.20. The van der Waals surface area contributed by atoms with Crippen molar-refractivity contribution < 1.29 is 0 Å². The van der Waals surface area contributed by atoms with Gasteiger partial charge in [0.2, 0.25) is 0 Å². The Morgan fingerprint density at radius 3 is 2.50 bits per heavy atom. The van der Waals surface area contributed by atoms with Gasteiger partial charge in [0.05, 0.1) is 0 Å². The minimum absolute atomic E-state index is 0.310. The van der Waals surface area contributed by atoms with E-state index < -0.39 is 0 Å². The van der Waals surface area contributed by atoms with Gasteiger partial charge in [0.1, 0.15) is 0 Å². The topological polar surface area (TPSA) is 12.0 Å². The highest BCUT2D eigenvalue weighted by atomic mass is 79.9. The van der Waals surface area contributed by atoms with Gasteiger partial charge in [-0.05, 0) is 43.0 Å². The predicted molar refractivity (Wildman–Crippen MR) is 86.1 cm³/mol. The van der Waals surface area contributed by atoms with Crippen LogP contribution < -0.4 is 5.32 Å². The van der Waals surface area contributed by atoms with Crippen molar-refractivity contribution in [3.8, 4) is 0 Å². The first kappa shape index (κ1) is 14.3. The van der Waals surface area contributed by atoms with Crippen LogP contribution in [0.25, 0.3) is 0 Å². The number of nitrogens with one attached hydrogen (secondary N) is 1. The monoisotopic (exact) mass is 387 g/mol. The Morgan fingerprint density at radius 2 is 1.89 bits per heavy atom. The summed E-state index contributed by atoms with van der Waals surface area (Å²) in [5, 5.41) is 5.74. The van der Waals surface area contributed by atoms with Crippen LogP contribution in [0, 0.1) is 0 Å². The zero-order valence-electron chi connectivity index (χ0n) is 10.3. The van der Waals surface area contributed by atoms with Gasteiger partial charge in [-0.1, -0.05) is 44.0 Å². The van der Waals surface area contributed by atoms with Crippen LogP contribution in [-0.4, -0.2) is 0 Å². The Hall–Kier alpha value is -0.160. The minimum atomic E-state index is 0.310. The molecule has 1 heterocycles. The summed E-state index contributed by atoms with van der Waals surface area (Å²) in [7, 11) is 0. The average molecular weight is 389 g/mol. The maximum absolute atomic E-state index is 3.62. The van der Waals surface area contributed by atoms with Gasteiger partial charge in [-0.15, -0.1) is 11.3 Å². The molecule has 1 aromatic carbocycles. The lowest BCUT2D eigenvalue weighted by Crippen LogP contribution is -2.22. The van der Waals surface area contributed by atoms with Crippen LogP contribution in [0.2, 0.25) is 0 Å². The van der Waals surface area contributed by atoms with Crippen molar-refractivity contribution in [3.05, 3.63) is 55.1 Å². The number of thiophene rings is 1. The summed E-state index contributed by atoms with van der Waals surface area (Å²) in [6, 6.07) is 11.3. The summed E-state index contributed by atoms with van der Waals surface area (Å²) >= 11 is 8.89. The molecule has 2 atom stereocenters. The van der Waals surface area contributed by atoms with Crippen molar-refractivity contribution in [1.29, 1.82) is 0 Å². The molecule has 4 heteroatoms. The highest BCUT2D eigenvalue weighted by molar-refractivity contribution is 9.11. The average Bonchev–Trinajstić information content (AvgIpc) is 2.81. The number of rotatable bonds is 4. The largest absolute Gasteiger partial charge is 0.303 e. The summed E-state index contributed by atoms with van der Waals surface area (Å²) in [5.74, 6) is 0. The first-order valence-electron chi connectivity index (χ1n) is 5.82. The second-order valence-electron chi connectivity index (χ2n) is 4.29. The molecule has 1 nitrogen and oxygen atoms in total. The molecular weight excluding hydrogens is 374 g/mol. The van der Waals surface area contributed by atoms with Crippen LogP contribution in [0.5, 0.6) is 0 Å². The van der Waals surface area contributed by atoms with Crippen molar-refractivity contribution in [1.82, 2.24) is 5.32 Å². The van der Waals surface area contributed by atoms with Crippen molar-refractivity contribution in [2.75, 3.05) is 0 Å². The molecule has 2 aromatic rings. The van der Waals surface area contributed by atoms with Crippen LogP contribution in [0.4, 0.5) is 0 Å². The summed E-state index contributed by atoms with van der Waals surface area (Å²) in [5.41, 5.74) is 1.28. The zero-order valence-corrected chi connectivity index (χ0v) is 14.3. The van der Waals surface area contributed by atoms with E-state index in [0.717, 1.165) is 8.95 Å². The molecule has 0 radical (unpaired) electrons. The van der Waals surface area contributed by atoms with E-state index in [4.69, 9.17) is 0 Å². The molecule has 0 aliphatic heterocycles. The summed E-state index contributed by atoms with van der Waals surface area (Å²) < 4.78 is 2.23. The fourth-order valence-electron chi connectivity index (χ4n) is 1.94. The highest BCUT2D eigenvalue weighted by Crippen LogP contribution is 2.29. The zero-order chi connectivity index (χ0) is 13.1. The van der Waals surface area contributed by atoms with Gasteiger partial charge in [0, 0.05) is 25.9 Å². The summed E-state index contributed by atoms with van der Waals surface area (Å²) in [4.78, 5) is 1.37. The Kier molecular flexibility index (Phi) is 5.01. The minimum Gasteiger partial charge on any atom is -0.303 e. The molecule has 0 fully saturated rings. The summed E-state index contributed by atoms with van der Waals surface area (Å²) in [6.07, 6.45) is 0. The van der Waals surface area contributed by atoms with Crippen LogP contribution in [0.1, 0.15) is 36.4 Å². The van der Waals surface area contributed by atoms with E-state index in [1.807, 2.05) is 0 Å². The first-order valence-corrected chi connectivity index (χ1v) is 8.29. The molecule has 1 N–H and O–H groups in total. The molecule has 1 aromatic heterocycles. The molecule has 1 unspecified atom stereocenters. The van der Waals surface area contributed by atoms with Gasteiger partial charge in [-0.2, -0.15) is 0 Å². The molecule has 0 saturated carbocycles. The second-order valence-corrected chi connectivity index (χ2v) is 7.04. The van der Waals surface area contributed by atoms with E-state index in [-0.39, 0.29) is 0 Å². The molecule has 0 aliphatic carbocycles. The highest BCUT2D eigenvalue weighted by Gasteiger charge is 2.14. The van der Waals surface area contributed by atoms with Crippen LogP contribution in [-0.2, 0) is 0 Å². The molecular formula is C14H15Br2NS. The molecule has 0 bridgehead atoms. The Bertz CT molecular complexity index is 511. The summed E-state index contributed by atoms with van der Waals surface area (Å²) in [6.45, 7) is 4.40. The van der Waals surface area contributed by atoms with Crippen LogP contribution in [0.15, 0.2) is 44.7 Å². The first-order chi connectivity index (χ1) is 8.58. The Labute approximate surface area is 129 Å². The smallest absolute Gasteiger partial charge is 0.0391 e. The Balaban J connectivity index is 2.10. The predicted octanol–water partition coefficient (Wildman–Crippen LogP) is 5.68. The normalized spacial score (nSPS) is 14.4. The number of hydrogen-bond donors (Lipinski definition) is 1. The van der Waals surface area contributed by atoms with Crippen LogP contribution >= 0.6 is 43.2 Å². The molecule has 2 rings (SSSR count). The van der Waals surface area contributed by atoms with E-state index in [2.05, 4.69) is 86.7 Å². The van der Waals surface area contributed by atoms with E-state index in [9.17, 15) is 0 Å². The van der Waals surface area contributed by atoms with Gasteiger partial charge < -0.3 is 5.32 Å². The molecule has 0 amide bonds. The molecule has 0 spiro atoms. The van der Waals surface area contributed by atoms with Crippen LogP contribution in [0.3, 0.4) is 0 Å². The molecule has 0 aliphatic rings. The van der Waals surface area contributed by atoms with E-state index >= 15 is 0 Å². The quantitative estimate of drug-likeness (QED) is 0.709. The molecule has 96 valence electrons. The third-order valence-electron chi connectivity index (χ3n) is 2.90. The van der Waals surface area contributed by atoms with Crippen molar-refractivity contribution in [2.24, 2.45) is 0 Å². The van der Waals surface area contributed by atoms with Gasteiger partial charge in [0.25, 0.3) is 0 Å². The molecule has 18 heavy (non-hydrogen) atoms. The van der Waals surface area contributed by atoms with Gasteiger partial charge in [-0.3, -0.25) is 0 Å². The number of benzene rings is 1. The lowest BCUT2D eigenvalue weighted by molar-refractivity contribution is 0.499. The van der Waals surface area contributed by atoms with Gasteiger partial charge in [-0.25, -0.2) is 0 Å². The molecule has 0 saturated heterocycles. The maximum atomic E-state index is 3.62. The second kappa shape index (κ2) is 6.33. The van der Waals surface area contributed by atoms with E-state index in [1.54, 1.807) is 11.3 Å². The van der Waals surface area contributed by atoms with Crippen molar-refractivity contribution in [2.45, 2.75) is 25.9 Å². The third-order valence-corrected chi connectivity index (χ3v) is 5.13. The van der Waals surface area contributed by atoms with Gasteiger partial charge >= 0.3 is 0 Å². The van der Waals surface area contributed by atoms with Gasteiger partial charge in [0.15, 0.2) is 0 Å². The van der Waals surface area contributed by atoms with E-state index in [1.165, 1.54) is 10.4 Å². The maximum Gasteiger partial charge on any atom is 0.0391 e.